The lowest BCUT2D eigenvalue weighted by Crippen LogP contribution is -2.15. The monoisotopic (exact) mass is 145 g/mol. The molecule has 0 aromatic heterocycles. The van der Waals surface area contributed by atoms with Crippen LogP contribution in [0.4, 0.5) is 0 Å². The lowest BCUT2D eigenvalue weighted by atomic mass is 10.3. The molecule has 0 aromatic carbocycles. The fourth-order valence-electron chi connectivity index (χ4n) is 0.411. The van der Waals surface area contributed by atoms with Crippen LogP contribution in [0.3, 0.4) is 0 Å². The smallest absolute Gasteiger partial charge is 0.114 e. The normalized spacial score (nSPS) is 15.0. The first kappa shape index (κ1) is 9.43. The summed E-state index contributed by atoms with van der Waals surface area (Å²) >= 11 is 0. The van der Waals surface area contributed by atoms with Crippen LogP contribution in [0.5, 0.6) is 0 Å². The molecule has 0 heterocycles. The first-order chi connectivity index (χ1) is 4.72. The maximum absolute atomic E-state index is 5.00. The second-order valence-electron chi connectivity index (χ2n) is 2.03. The van der Waals surface area contributed by atoms with Crippen LogP contribution in [0, 0.1) is 0 Å². The predicted molar refractivity (Wildman–Crippen MR) is 41.2 cm³/mol. The van der Waals surface area contributed by atoms with Crippen LogP contribution in [0.2, 0.25) is 0 Å². The second kappa shape index (κ2) is 5.23. The topological polar surface area (TPSA) is 30.8 Å². The molecule has 0 saturated heterocycles. The Kier molecular flexibility index (Phi) is 4.94. The number of hydrogen-bond donors (Lipinski definition) is 0. The molecule has 0 fully saturated rings. The summed E-state index contributed by atoms with van der Waals surface area (Å²) in [6.45, 7) is 6.31. The number of nitrogens with zero attached hydrogens (tertiary/aromatic N) is 1. The minimum Gasteiger partial charge on any atom is -0.396 e. The molecule has 0 rings (SSSR count). The van der Waals surface area contributed by atoms with Crippen LogP contribution in [-0.2, 0) is 9.57 Å². The van der Waals surface area contributed by atoms with Gasteiger partial charge in [0.05, 0.1) is 11.8 Å². The lowest BCUT2D eigenvalue weighted by Gasteiger charge is -2.07. The van der Waals surface area contributed by atoms with Gasteiger partial charge in [-0.1, -0.05) is 5.16 Å². The fraction of sp³-hybridized carbons (Fsp3) is 0.857. The molecule has 60 valence electrons. The summed E-state index contributed by atoms with van der Waals surface area (Å²) in [7, 11) is 1.65. The molecule has 0 amide bonds. The van der Waals surface area contributed by atoms with Gasteiger partial charge in [-0.2, -0.15) is 0 Å². The first-order valence-corrected chi connectivity index (χ1v) is 3.41. The second-order valence-corrected chi connectivity index (χ2v) is 2.03. The van der Waals surface area contributed by atoms with Gasteiger partial charge in [-0.15, -0.1) is 0 Å². The minimum absolute atomic E-state index is 0.0477. The van der Waals surface area contributed by atoms with Crippen molar-refractivity contribution in [3.05, 3.63) is 0 Å². The minimum atomic E-state index is 0.0477. The van der Waals surface area contributed by atoms with E-state index in [9.17, 15) is 0 Å². The van der Waals surface area contributed by atoms with E-state index >= 15 is 0 Å². The van der Waals surface area contributed by atoms with Crippen LogP contribution < -0.4 is 0 Å². The number of ether oxygens (including phenoxy) is 1. The predicted octanol–water partition coefficient (Wildman–Crippen LogP) is 1.43. The van der Waals surface area contributed by atoms with Crippen molar-refractivity contribution in [2.24, 2.45) is 5.16 Å². The standard InChI is InChI=1S/C7H15NO2/c1-5-10-8-6(2)7(3)9-4/h7H,5H2,1-4H3/b8-6+. The summed E-state index contributed by atoms with van der Waals surface area (Å²) in [5, 5.41) is 3.81. The molecule has 0 aliphatic rings. The number of methoxy groups -OCH3 is 1. The van der Waals surface area contributed by atoms with Crippen LogP contribution >= 0.6 is 0 Å². The van der Waals surface area contributed by atoms with E-state index in [0.29, 0.717) is 6.61 Å². The Bertz CT molecular complexity index is 112. The third kappa shape index (κ3) is 3.45. The highest BCUT2D eigenvalue weighted by Crippen LogP contribution is 1.92. The average molecular weight is 145 g/mol. The maximum Gasteiger partial charge on any atom is 0.114 e. The molecule has 0 bridgehead atoms. The van der Waals surface area contributed by atoms with Crippen molar-refractivity contribution >= 4 is 5.71 Å². The number of hydrogen-bond acceptors (Lipinski definition) is 3. The van der Waals surface area contributed by atoms with Gasteiger partial charge in [0.1, 0.15) is 6.61 Å². The Hall–Kier alpha value is -0.570. The molecule has 10 heavy (non-hydrogen) atoms. The first-order valence-electron chi connectivity index (χ1n) is 3.41. The van der Waals surface area contributed by atoms with Crippen LogP contribution in [0.15, 0.2) is 5.16 Å². The maximum atomic E-state index is 5.00. The molecule has 0 aliphatic carbocycles. The largest absolute Gasteiger partial charge is 0.396 e. The summed E-state index contributed by atoms with van der Waals surface area (Å²) < 4.78 is 5.00. The quantitative estimate of drug-likeness (QED) is 0.442. The van der Waals surface area contributed by atoms with Crippen LogP contribution in [-0.4, -0.2) is 25.5 Å². The van der Waals surface area contributed by atoms with Crippen molar-refractivity contribution in [1.29, 1.82) is 0 Å². The molecular formula is C7H15NO2. The Balaban J connectivity index is 3.67. The molecule has 3 heteroatoms. The lowest BCUT2D eigenvalue weighted by molar-refractivity contribution is 0.138. The van der Waals surface area contributed by atoms with Crippen molar-refractivity contribution in [2.45, 2.75) is 26.9 Å². The van der Waals surface area contributed by atoms with E-state index in [4.69, 9.17) is 9.57 Å². The highest BCUT2D eigenvalue weighted by Gasteiger charge is 2.02. The average Bonchev–Trinajstić information content (AvgIpc) is 1.98. The van der Waals surface area contributed by atoms with E-state index in [1.54, 1.807) is 7.11 Å². The van der Waals surface area contributed by atoms with Crippen molar-refractivity contribution in [2.75, 3.05) is 13.7 Å². The Morgan fingerprint density at radius 3 is 2.60 bits per heavy atom. The Morgan fingerprint density at radius 1 is 1.60 bits per heavy atom. The molecule has 0 radical (unpaired) electrons. The fourth-order valence-corrected chi connectivity index (χ4v) is 0.411. The van der Waals surface area contributed by atoms with Gasteiger partial charge >= 0.3 is 0 Å². The molecule has 0 aliphatic heterocycles. The summed E-state index contributed by atoms with van der Waals surface area (Å²) in [4.78, 5) is 4.83. The highest BCUT2D eigenvalue weighted by molar-refractivity contribution is 5.85. The summed E-state index contributed by atoms with van der Waals surface area (Å²) in [6.07, 6.45) is 0.0477. The summed E-state index contributed by atoms with van der Waals surface area (Å²) in [6, 6.07) is 0. The molecule has 0 spiro atoms. The van der Waals surface area contributed by atoms with E-state index in [1.807, 2.05) is 20.8 Å². The number of oxime groups is 1. The highest BCUT2D eigenvalue weighted by atomic mass is 16.6. The molecule has 3 nitrogen and oxygen atoms in total. The summed E-state index contributed by atoms with van der Waals surface area (Å²) in [5.41, 5.74) is 0.865. The van der Waals surface area contributed by atoms with Crippen molar-refractivity contribution in [1.82, 2.24) is 0 Å². The van der Waals surface area contributed by atoms with Gasteiger partial charge in [0.2, 0.25) is 0 Å². The van der Waals surface area contributed by atoms with Crippen molar-refractivity contribution in [3.8, 4) is 0 Å². The SMILES string of the molecule is CCO/N=C(\C)C(C)OC. The molecule has 1 atom stereocenters. The van der Waals surface area contributed by atoms with Crippen LogP contribution in [0.25, 0.3) is 0 Å². The van der Waals surface area contributed by atoms with E-state index in [-0.39, 0.29) is 6.10 Å². The Morgan fingerprint density at radius 2 is 2.20 bits per heavy atom. The van der Waals surface area contributed by atoms with Crippen molar-refractivity contribution < 1.29 is 9.57 Å². The van der Waals surface area contributed by atoms with E-state index < -0.39 is 0 Å². The van der Waals surface area contributed by atoms with Gasteiger partial charge in [0, 0.05) is 7.11 Å². The number of rotatable bonds is 4. The van der Waals surface area contributed by atoms with E-state index in [0.717, 1.165) is 5.71 Å². The van der Waals surface area contributed by atoms with Gasteiger partial charge in [-0.25, -0.2) is 0 Å². The van der Waals surface area contributed by atoms with Gasteiger partial charge in [0.25, 0.3) is 0 Å². The molecule has 1 unspecified atom stereocenters. The zero-order chi connectivity index (χ0) is 7.98. The molecule has 0 saturated carbocycles. The third-order valence-electron chi connectivity index (χ3n) is 1.28. The van der Waals surface area contributed by atoms with Gasteiger partial charge in [-0.3, -0.25) is 0 Å². The summed E-state index contributed by atoms with van der Waals surface area (Å²) in [5.74, 6) is 0. The third-order valence-corrected chi connectivity index (χ3v) is 1.28. The van der Waals surface area contributed by atoms with Crippen LogP contribution in [0.1, 0.15) is 20.8 Å². The molecular weight excluding hydrogens is 130 g/mol. The zero-order valence-corrected chi connectivity index (χ0v) is 7.05. The van der Waals surface area contributed by atoms with E-state index in [1.165, 1.54) is 0 Å². The van der Waals surface area contributed by atoms with Crippen molar-refractivity contribution in [3.63, 3.8) is 0 Å². The molecule has 0 aromatic rings. The van der Waals surface area contributed by atoms with Gasteiger partial charge < -0.3 is 9.57 Å². The van der Waals surface area contributed by atoms with Gasteiger partial charge in [-0.05, 0) is 20.8 Å². The Labute approximate surface area is 62.0 Å². The van der Waals surface area contributed by atoms with Gasteiger partial charge in [0.15, 0.2) is 0 Å². The zero-order valence-electron chi connectivity index (χ0n) is 7.05. The molecule has 0 N–H and O–H groups in total. The van der Waals surface area contributed by atoms with E-state index in [2.05, 4.69) is 5.16 Å².